The Labute approximate surface area is 167 Å². The van der Waals surface area contributed by atoms with Crippen LogP contribution in [-0.4, -0.2) is 38.9 Å². The van der Waals surface area contributed by atoms with E-state index in [2.05, 4.69) is 4.72 Å². The third kappa shape index (κ3) is 5.11. The molecule has 0 bridgehead atoms. The molecule has 7 heteroatoms. The molecular formula is C21H28N2O4S. The monoisotopic (exact) mass is 404 g/mol. The summed E-state index contributed by atoms with van der Waals surface area (Å²) >= 11 is 0. The normalized spacial score (nSPS) is 20.6. The van der Waals surface area contributed by atoms with Gasteiger partial charge >= 0.3 is 0 Å². The highest BCUT2D eigenvalue weighted by Crippen LogP contribution is 2.34. The van der Waals surface area contributed by atoms with E-state index in [1.54, 1.807) is 12.1 Å². The van der Waals surface area contributed by atoms with E-state index in [4.69, 9.17) is 9.57 Å². The standard InChI is InChI=1S/C21H28N2O4S/c1-16(2)13-22-28(24,25)20-15-27-23(3)21(20)18-9-11-19(12-10-18)26-14-17-7-5-4-6-8-17/h4-12,16,20-22H,13-15H2,1-3H3/t20-,21+/m1/s1. The van der Waals surface area contributed by atoms with Gasteiger partial charge in [0.15, 0.2) is 0 Å². The minimum Gasteiger partial charge on any atom is -0.489 e. The van der Waals surface area contributed by atoms with Crippen LogP contribution in [0.1, 0.15) is 31.0 Å². The molecule has 0 aromatic heterocycles. The Morgan fingerprint density at radius 1 is 1.14 bits per heavy atom. The molecule has 2 aromatic rings. The molecule has 3 rings (SSSR count). The predicted molar refractivity (Wildman–Crippen MR) is 109 cm³/mol. The fourth-order valence-corrected chi connectivity index (χ4v) is 4.86. The molecular weight excluding hydrogens is 376 g/mol. The first kappa shape index (κ1) is 20.8. The summed E-state index contributed by atoms with van der Waals surface area (Å²) < 4.78 is 34.0. The molecule has 152 valence electrons. The molecule has 1 saturated heterocycles. The van der Waals surface area contributed by atoms with Gasteiger partial charge in [-0.1, -0.05) is 56.3 Å². The lowest BCUT2D eigenvalue weighted by molar-refractivity contribution is -0.110. The quantitative estimate of drug-likeness (QED) is 0.732. The molecule has 1 N–H and O–H groups in total. The Morgan fingerprint density at radius 2 is 1.82 bits per heavy atom. The summed E-state index contributed by atoms with van der Waals surface area (Å²) in [7, 11) is -1.72. The van der Waals surface area contributed by atoms with Crippen molar-refractivity contribution in [2.24, 2.45) is 5.92 Å². The first-order chi connectivity index (χ1) is 13.4. The number of ether oxygens (including phenoxy) is 1. The number of hydroxylamine groups is 2. The fourth-order valence-electron chi connectivity index (χ4n) is 3.17. The molecule has 28 heavy (non-hydrogen) atoms. The molecule has 0 aliphatic carbocycles. The summed E-state index contributed by atoms with van der Waals surface area (Å²) in [5.41, 5.74) is 1.98. The molecule has 0 amide bonds. The molecule has 1 fully saturated rings. The minimum absolute atomic E-state index is 0.140. The van der Waals surface area contributed by atoms with Gasteiger partial charge in [0.2, 0.25) is 10.0 Å². The Balaban J connectivity index is 1.70. The van der Waals surface area contributed by atoms with Crippen LogP contribution in [0.25, 0.3) is 0 Å². The third-order valence-electron chi connectivity index (χ3n) is 4.75. The van der Waals surface area contributed by atoms with Gasteiger partial charge in [0.05, 0.1) is 12.6 Å². The number of nitrogens with one attached hydrogen (secondary N) is 1. The van der Waals surface area contributed by atoms with Crippen LogP contribution in [0, 0.1) is 5.92 Å². The minimum atomic E-state index is -3.49. The second kappa shape index (κ2) is 9.05. The average Bonchev–Trinajstić information content (AvgIpc) is 3.08. The number of rotatable bonds is 8. The summed E-state index contributed by atoms with van der Waals surface area (Å²) in [5, 5.41) is 0.964. The van der Waals surface area contributed by atoms with Gasteiger partial charge in [0, 0.05) is 13.6 Å². The first-order valence-corrected chi connectivity index (χ1v) is 11.0. The number of benzene rings is 2. The van der Waals surface area contributed by atoms with Gasteiger partial charge in [-0.25, -0.2) is 13.1 Å². The molecule has 0 unspecified atom stereocenters. The summed E-state index contributed by atoms with van der Waals surface area (Å²) in [6, 6.07) is 17.1. The number of hydrogen-bond donors (Lipinski definition) is 1. The highest BCUT2D eigenvalue weighted by molar-refractivity contribution is 7.90. The summed E-state index contributed by atoms with van der Waals surface area (Å²) in [6.07, 6.45) is 0. The van der Waals surface area contributed by atoms with Gasteiger partial charge in [-0.15, -0.1) is 0 Å². The lowest BCUT2D eigenvalue weighted by atomic mass is 10.0. The predicted octanol–water partition coefficient (Wildman–Crippen LogP) is 3.13. The van der Waals surface area contributed by atoms with Gasteiger partial charge in [0.25, 0.3) is 0 Å². The van der Waals surface area contributed by atoms with Crippen molar-refractivity contribution in [3.05, 3.63) is 65.7 Å². The van der Waals surface area contributed by atoms with Gasteiger partial charge < -0.3 is 4.74 Å². The van der Waals surface area contributed by atoms with E-state index in [9.17, 15) is 8.42 Å². The molecule has 2 atom stereocenters. The third-order valence-corrected chi connectivity index (χ3v) is 6.51. The van der Waals surface area contributed by atoms with Gasteiger partial charge in [0.1, 0.15) is 17.6 Å². The van der Waals surface area contributed by atoms with Crippen molar-refractivity contribution >= 4 is 10.0 Å². The van der Waals surface area contributed by atoms with Crippen molar-refractivity contribution < 1.29 is 18.0 Å². The van der Waals surface area contributed by atoms with Crippen LogP contribution in [-0.2, 0) is 21.5 Å². The molecule has 2 aromatic carbocycles. The lowest BCUT2D eigenvalue weighted by Gasteiger charge is -2.23. The highest BCUT2D eigenvalue weighted by Gasteiger charge is 2.43. The number of sulfonamides is 1. The van der Waals surface area contributed by atoms with Crippen molar-refractivity contribution in [2.75, 3.05) is 20.2 Å². The van der Waals surface area contributed by atoms with E-state index >= 15 is 0 Å². The summed E-state index contributed by atoms with van der Waals surface area (Å²) in [5.74, 6) is 0.987. The fraction of sp³-hybridized carbons (Fsp3) is 0.429. The molecule has 1 aliphatic heterocycles. The Morgan fingerprint density at radius 3 is 2.46 bits per heavy atom. The van der Waals surface area contributed by atoms with Crippen molar-refractivity contribution in [1.29, 1.82) is 0 Å². The van der Waals surface area contributed by atoms with E-state index in [0.717, 1.165) is 16.9 Å². The Hall–Kier alpha value is -1.93. The van der Waals surface area contributed by atoms with E-state index in [1.807, 2.05) is 68.4 Å². The van der Waals surface area contributed by atoms with Crippen LogP contribution in [0.5, 0.6) is 5.75 Å². The molecule has 0 spiro atoms. The summed E-state index contributed by atoms with van der Waals surface area (Å²) in [6.45, 7) is 5.00. The zero-order valence-electron chi connectivity index (χ0n) is 16.5. The zero-order valence-corrected chi connectivity index (χ0v) is 17.4. The Bertz CT molecular complexity index is 854. The van der Waals surface area contributed by atoms with E-state index in [0.29, 0.717) is 13.2 Å². The summed E-state index contributed by atoms with van der Waals surface area (Å²) in [4.78, 5) is 5.54. The average molecular weight is 405 g/mol. The smallest absolute Gasteiger partial charge is 0.218 e. The number of nitrogens with zero attached hydrogens (tertiary/aromatic N) is 1. The Kier molecular flexibility index (Phi) is 6.72. The van der Waals surface area contributed by atoms with E-state index in [-0.39, 0.29) is 18.6 Å². The van der Waals surface area contributed by atoms with Crippen LogP contribution in [0.3, 0.4) is 0 Å². The van der Waals surface area contributed by atoms with E-state index < -0.39 is 15.3 Å². The van der Waals surface area contributed by atoms with Crippen LogP contribution in [0.4, 0.5) is 0 Å². The van der Waals surface area contributed by atoms with Crippen molar-refractivity contribution in [3.8, 4) is 5.75 Å². The maximum absolute atomic E-state index is 12.8. The second-order valence-corrected chi connectivity index (χ2v) is 9.44. The number of hydrogen-bond acceptors (Lipinski definition) is 5. The van der Waals surface area contributed by atoms with Crippen LogP contribution in [0.15, 0.2) is 54.6 Å². The molecule has 6 nitrogen and oxygen atoms in total. The van der Waals surface area contributed by atoms with Crippen LogP contribution >= 0.6 is 0 Å². The topological polar surface area (TPSA) is 67.9 Å². The van der Waals surface area contributed by atoms with Gasteiger partial charge in [-0.05, 0) is 29.2 Å². The highest BCUT2D eigenvalue weighted by atomic mass is 32.2. The zero-order chi connectivity index (χ0) is 20.1. The molecule has 0 saturated carbocycles. The maximum atomic E-state index is 12.8. The molecule has 1 heterocycles. The van der Waals surface area contributed by atoms with Crippen LogP contribution in [0.2, 0.25) is 0 Å². The lowest BCUT2D eigenvalue weighted by Crippen LogP contribution is -2.40. The van der Waals surface area contributed by atoms with Crippen LogP contribution < -0.4 is 9.46 Å². The largest absolute Gasteiger partial charge is 0.489 e. The maximum Gasteiger partial charge on any atom is 0.218 e. The molecule has 0 radical (unpaired) electrons. The van der Waals surface area contributed by atoms with Crippen molar-refractivity contribution in [1.82, 2.24) is 9.79 Å². The first-order valence-electron chi connectivity index (χ1n) is 9.47. The van der Waals surface area contributed by atoms with E-state index in [1.165, 1.54) is 0 Å². The van der Waals surface area contributed by atoms with Gasteiger partial charge in [-0.3, -0.25) is 4.84 Å². The molecule has 1 aliphatic rings. The second-order valence-electron chi connectivity index (χ2n) is 7.46. The van der Waals surface area contributed by atoms with Crippen molar-refractivity contribution in [2.45, 2.75) is 31.7 Å². The SMILES string of the molecule is CC(C)CNS(=O)(=O)[C@@H]1CON(C)[C@H]1c1ccc(OCc2ccccc2)cc1. The van der Waals surface area contributed by atoms with Gasteiger partial charge in [-0.2, -0.15) is 5.06 Å². The van der Waals surface area contributed by atoms with Crippen molar-refractivity contribution in [3.63, 3.8) is 0 Å².